The van der Waals surface area contributed by atoms with Crippen molar-refractivity contribution < 1.29 is 90.1 Å². The second-order valence-corrected chi connectivity index (χ2v) is 20.4. The van der Waals surface area contributed by atoms with Crippen LogP contribution in [0.15, 0.2) is 12.7 Å². The maximum atomic E-state index is 12.7. The molecule has 2 saturated heterocycles. The van der Waals surface area contributed by atoms with E-state index in [0.29, 0.717) is 25.0 Å². The molecule has 0 bridgehead atoms. The molecule has 4 rings (SSSR count). The number of fused-ring (bicyclic) bond motifs is 1. The van der Waals surface area contributed by atoms with Crippen LogP contribution in [0.4, 0.5) is 5.82 Å². The largest absolute Gasteiger partial charge is 0.481 e. The minimum atomic E-state index is -5.60. The highest BCUT2D eigenvalue weighted by atomic mass is 32.2. The van der Waals surface area contributed by atoms with Gasteiger partial charge in [0.05, 0.1) is 24.8 Å². The summed E-state index contributed by atoms with van der Waals surface area (Å²) in [5, 5.41) is 25.9. The summed E-state index contributed by atoms with van der Waals surface area (Å²) in [6.45, 7) is 0.523. The van der Waals surface area contributed by atoms with Crippen molar-refractivity contribution in [1.82, 2.24) is 40.5 Å². The Morgan fingerprint density at radius 3 is 2.39 bits per heavy atom. The average molecular weight is 993 g/mol. The molecule has 64 heavy (non-hydrogen) atoms. The molecule has 0 spiro atoms. The molecular weight excluding hydrogens is 941 g/mol. The third-order valence-corrected chi connectivity index (χ3v) is 13.8. The fraction of sp³-hybridized carbons (Fsp3) is 0.677. The number of rotatable bonds is 26. The number of likely N-dealkylation sites (tertiary alicyclic amines) is 1. The molecule has 360 valence electrons. The van der Waals surface area contributed by atoms with Crippen molar-refractivity contribution in [1.29, 1.82) is 0 Å². The van der Waals surface area contributed by atoms with Crippen molar-refractivity contribution in [2.24, 2.45) is 11.3 Å². The van der Waals surface area contributed by atoms with E-state index in [2.05, 4.69) is 34.4 Å². The van der Waals surface area contributed by atoms with Crippen LogP contribution in [0.1, 0.15) is 58.6 Å². The number of aliphatic hydroxyl groups excluding tert-OH is 2. The number of phosphoric ester groups is 3. The molecule has 2 fully saturated rings. The molecule has 2 aliphatic heterocycles. The number of amides is 5. The summed E-state index contributed by atoms with van der Waals surface area (Å²) in [4.78, 5) is 113. The van der Waals surface area contributed by atoms with Crippen LogP contribution in [0.2, 0.25) is 0 Å². The number of hydrogen-bond acceptors (Lipinski definition) is 21. The van der Waals surface area contributed by atoms with E-state index in [1.54, 1.807) is 0 Å². The number of phosphoric acid groups is 3. The predicted octanol–water partition coefficient (Wildman–Crippen LogP) is -2.18. The Morgan fingerprint density at radius 1 is 1.00 bits per heavy atom. The van der Waals surface area contributed by atoms with Gasteiger partial charge in [0.1, 0.15) is 36.3 Å². The van der Waals surface area contributed by atoms with Gasteiger partial charge in [0.15, 0.2) is 17.7 Å². The quantitative estimate of drug-likeness (QED) is 0.0119. The minimum Gasteiger partial charge on any atom is -0.386 e. The van der Waals surface area contributed by atoms with Crippen molar-refractivity contribution in [3.05, 3.63) is 12.7 Å². The van der Waals surface area contributed by atoms with Crippen molar-refractivity contribution >= 4 is 81.7 Å². The predicted molar refractivity (Wildman–Crippen MR) is 218 cm³/mol. The number of aliphatic hydroxyl groups is 2. The summed E-state index contributed by atoms with van der Waals surface area (Å²) >= 11 is 1.20. The fourth-order valence-electron chi connectivity index (χ4n) is 6.15. The molecule has 2 aliphatic rings. The lowest BCUT2D eigenvalue weighted by Crippen LogP contribution is -2.46. The van der Waals surface area contributed by atoms with Crippen LogP contribution >= 0.6 is 35.2 Å². The molecule has 2 aromatic rings. The first kappa shape index (κ1) is 53.1. The number of imidazole rings is 1. The van der Waals surface area contributed by atoms with Gasteiger partial charge in [-0.1, -0.05) is 20.3 Å². The van der Waals surface area contributed by atoms with E-state index in [0.717, 1.165) is 17.2 Å². The molecule has 8 atom stereocenters. The Balaban J connectivity index is 1.17. The Labute approximate surface area is 368 Å². The van der Waals surface area contributed by atoms with Crippen molar-refractivity contribution in [3.63, 3.8) is 0 Å². The summed E-state index contributed by atoms with van der Waals surface area (Å²) in [5.41, 5.74) is 6.23. The maximum absolute atomic E-state index is 12.7. The number of nitrogen functional groups attached to an aromatic ring is 1. The van der Waals surface area contributed by atoms with Gasteiger partial charge in [-0.3, -0.25) is 52.4 Å². The van der Waals surface area contributed by atoms with Gasteiger partial charge in [0.25, 0.3) is 0 Å². The summed E-state index contributed by atoms with van der Waals surface area (Å²) in [6, 6.07) is 0. The van der Waals surface area contributed by atoms with E-state index in [1.165, 1.54) is 30.5 Å². The second-order valence-electron chi connectivity index (χ2n) is 14.9. The number of nitrogens with zero attached hydrogens (tertiary/aromatic N) is 5. The second kappa shape index (κ2) is 22.8. The van der Waals surface area contributed by atoms with Crippen molar-refractivity contribution in [2.75, 3.05) is 44.3 Å². The van der Waals surface area contributed by atoms with Crippen molar-refractivity contribution in [3.8, 4) is 0 Å². The topological polar surface area (TPSA) is 439 Å². The van der Waals surface area contributed by atoms with E-state index < -0.39 is 89.8 Å². The average Bonchev–Trinajstić information content (AvgIpc) is 3.86. The smallest absolute Gasteiger partial charge is 0.386 e. The minimum absolute atomic E-state index is 0.0185. The van der Waals surface area contributed by atoms with E-state index in [4.69, 9.17) is 25.4 Å². The van der Waals surface area contributed by atoms with Crippen LogP contribution in [-0.4, -0.2) is 152 Å². The number of carbonyl (C=O) groups is 5. The summed E-state index contributed by atoms with van der Waals surface area (Å²) in [7, 11) is -16.5. The number of imide groups is 1. The van der Waals surface area contributed by atoms with Crippen LogP contribution in [0, 0.1) is 5.41 Å². The number of hydrogen-bond donors (Lipinski definition) is 11. The van der Waals surface area contributed by atoms with Gasteiger partial charge in [-0.25, -0.2) is 34.5 Å². The Hall–Kier alpha value is -3.54. The Bertz CT molecular complexity index is 2150. The lowest BCUT2D eigenvalue weighted by molar-refractivity contribution is -0.139. The molecule has 3 unspecified atom stereocenters. The Morgan fingerprint density at radius 2 is 1.70 bits per heavy atom. The molecule has 4 heterocycles. The third kappa shape index (κ3) is 15.3. The van der Waals surface area contributed by atoms with E-state index in [-0.39, 0.29) is 73.6 Å². The van der Waals surface area contributed by atoms with Gasteiger partial charge in [-0.05, 0) is 12.8 Å². The van der Waals surface area contributed by atoms with Gasteiger partial charge < -0.3 is 50.9 Å². The number of nitrogens with two attached hydrogens (primary N) is 2. The maximum Gasteiger partial charge on any atom is 0.481 e. The number of ether oxygens (including phenoxy) is 1. The summed E-state index contributed by atoms with van der Waals surface area (Å²) in [6.07, 6.45) is -5.12. The van der Waals surface area contributed by atoms with E-state index in [1.807, 2.05) is 5.43 Å². The molecule has 0 aromatic carbocycles. The van der Waals surface area contributed by atoms with Gasteiger partial charge >= 0.3 is 23.5 Å². The summed E-state index contributed by atoms with van der Waals surface area (Å²) in [5.74, 6) is 2.86. The zero-order chi connectivity index (χ0) is 47.6. The normalized spacial score (nSPS) is 22.9. The molecular formula is C31H51N10O19P3S. The van der Waals surface area contributed by atoms with E-state index in [9.17, 15) is 67.5 Å². The molecule has 2 aromatic heterocycles. The molecule has 0 saturated carbocycles. The molecule has 0 aliphatic carbocycles. The first-order chi connectivity index (χ1) is 29.8. The van der Waals surface area contributed by atoms with Crippen LogP contribution in [-0.2, 0) is 60.3 Å². The zero-order valence-corrected chi connectivity index (χ0v) is 37.7. The number of anilines is 1. The summed E-state index contributed by atoms with van der Waals surface area (Å²) < 4.78 is 62.3. The number of aromatic nitrogens is 4. The zero-order valence-electron chi connectivity index (χ0n) is 34.2. The van der Waals surface area contributed by atoms with Crippen molar-refractivity contribution in [2.45, 2.75) is 88.3 Å². The molecule has 0 radical (unpaired) electrons. The lowest BCUT2D eigenvalue weighted by atomic mass is 9.87. The van der Waals surface area contributed by atoms with Gasteiger partial charge in [-0.15, -0.1) is 11.8 Å². The number of hydrazine groups is 1. The molecule has 29 nitrogen and oxygen atoms in total. The molecule has 5 amide bonds. The van der Waals surface area contributed by atoms with E-state index >= 15 is 0 Å². The molecule has 13 N–H and O–H groups in total. The standard InChI is InChI=1S/C31H51N10O19P3S/c1-31(2,25(46)28(47)35-8-7-19(42)34-9-11-64-18-12-21(44)40(29(18)48)10-5-3-4-6-20(43)39-33)14-57-63(54,55)60-62(52,53)56-13-17-24(59-61(49,50)51)23(45)30(58-17)41-16-38-22-26(32)36-15-37-27(22)41/h15-18,23-25,30,45-46H,3-14,33H2,1-2H3,(H,34,42)(H,35,47)(H,39,43)(H,52,53)(H,54,55)(H2,32,36,37)(H2,49,50,51)/t17-,18+,23?,24+,25+,30-/m1/s1. The number of thioether (sulfide) groups is 1. The monoisotopic (exact) mass is 992 g/mol. The van der Waals surface area contributed by atoms with Crippen LogP contribution in [0.3, 0.4) is 0 Å². The first-order valence-corrected chi connectivity index (χ1v) is 24.8. The highest BCUT2D eigenvalue weighted by Gasteiger charge is 2.50. The number of unbranched alkanes of at least 4 members (excludes halogenated alkanes) is 2. The highest BCUT2D eigenvalue weighted by molar-refractivity contribution is 8.00. The van der Waals surface area contributed by atoms with Gasteiger partial charge in [0, 0.05) is 50.1 Å². The first-order valence-electron chi connectivity index (χ1n) is 19.2. The van der Waals surface area contributed by atoms with Crippen LogP contribution < -0.4 is 27.6 Å². The molecule has 33 heteroatoms. The van der Waals surface area contributed by atoms with Gasteiger partial charge in [-0.2, -0.15) is 4.31 Å². The van der Waals surface area contributed by atoms with Crippen LogP contribution in [0.5, 0.6) is 0 Å². The number of nitrogens with one attached hydrogen (secondary N) is 3. The SMILES string of the molecule is CC(C)(COP(=O)(O)OP(=O)(O)OC[C@H]1O[C@@H](n2cnc3c(N)ncnc32)C(O)[C@H]1OP(=O)(O)O)[C@@H](O)C(=O)NCCC(=O)NCCS[C@H]1CC(=O)N(CCCCCC(=O)NN)C1=O. The fourth-order valence-corrected chi connectivity index (χ4v) is 10.0. The Kier molecular flexibility index (Phi) is 18.9. The van der Waals surface area contributed by atoms with Gasteiger partial charge in [0.2, 0.25) is 29.5 Å². The van der Waals surface area contributed by atoms with Crippen LogP contribution in [0.25, 0.3) is 11.2 Å². The number of carbonyl (C=O) groups excluding carboxylic acids is 5. The lowest BCUT2D eigenvalue weighted by Gasteiger charge is -2.30. The third-order valence-electron chi connectivity index (χ3n) is 9.47. The highest BCUT2D eigenvalue weighted by Crippen LogP contribution is 2.61.